The van der Waals surface area contributed by atoms with E-state index in [0.29, 0.717) is 30.2 Å². The molecule has 3 aromatic rings. The second-order valence-corrected chi connectivity index (χ2v) is 7.69. The maximum absolute atomic E-state index is 11.7. The Morgan fingerprint density at radius 3 is 2.80 bits per heavy atom. The first-order valence-electron chi connectivity index (χ1n) is 9.95. The number of hydrogen-bond donors (Lipinski definition) is 1. The average molecular weight is 408 g/mol. The molecular weight excluding hydrogens is 384 g/mol. The zero-order chi connectivity index (χ0) is 21.3. The Balaban J connectivity index is 1.80. The highest BCUT2D eigenvalue weighted by Gasteiger charge is 2.22. The second-order valence-electron chi connectivity index (χ2n) is 7.69. The summed E-state index contributed by atoms with van der Waals surface area (Å²) >= 11 is 0. The summed E-state index contributed by atoms with van der Waals surface area (Å²) in [5.41, 5.74) is 2.00. The van der Waals surface area contributed by atoms with Crippen molar-refractivity contribution in [2.45, 2.75) is 38.8 Å². The van der Waals surface area contributed by atoms with Gasteiger partial charge in [0.15, 0.2) is 6.29 Å². The monoisotopic (exact) mass is 408 g/mol. The lowest BCUT2D eigenvalue weighted by molar-refractivity contribution is -0.119. The van der Waals surface area contributed by atoms with Crippen LogP contribution in [0.5, 0.6) is 11.6 Å². The van der Waals surface area contributed by atoms with Crippen LogP contribution < -0.4 is 14.8 Å². The van der Waals surface area contributed by atoms with Gasteiger partial charge >= 0.3 is 0 Å². The van der Waals surface area contributed by atoms with Crippen molar-refractivity contribution in [1.29, 1.82) is 0 Å². The fourth-order valence-corrected chi connectivity index (χ4v) is 3.57. The van der Waals surface area contributed by atoms with E-state index < -0.39 is 0 Å². The predicted molar refractivity (Wildman–Crippen MR) is 112 cm³/mol. The molecule has 0 bridgehead atoms. The van der Waals surface area contributed by atoms with Gasteiger partial charge < -0.3 is 14.8 Å². The van der Waals surface area contributed by atoms with Gasteiger partial charge in [-0.3, -0.25) is 14.3 Å². The number of nitrogens with zero attached hydrogens (tertiary/aromatic N) is 3. The number of ether oxygens (including phenoxy) is 2. The van der Waals surface area contributed by atoms with Gasteiger partial charge in [0.05, 0.1) is 23.4 Å². The van der Waals surface area contributed by atoms with Crippen LogP contribution >= 0.6 is 0 Å². The van der Waals surface area contributed by atoms with Crippen molar-refractivity contribution in [3.8, 4) is 22.9 Å². The Kier molecular flexibility index (Phi) is 5.39. The van der Waals surface area contributed by atoms with Crippen molar-refractivity contribution in [1.82, 2.24) is 20.1 Å². The average Bonchev–Trinajstić information content (AvgIpc) is 3.33. The highest BCUT2D eigenvalue weighted by Crippen LogP contribution is 2.36. The summed E-state index contributed by atoms with van der Waals surface area (Å²) in [6.07, 6.45) is 5.49. The molecule has 1 unspecified atom stereocenters. The van der Waals surface area contributed by atoms with Crippen LogP contribution in [-0.4, -0.2) is 45.7 Å². The smallest absolute Gasteiger partial charge is 0.221 e. The Morgan fingerprint density at radius 2 is 2.17 bits per heavy atom. The maximum atomic E-state index is 11.7. The van der Waals surface area contributed by atoms with Crippen LogP contribution in [0, 0.1) is 0 Å². The molecule has 3 heterocycles. The molecule has 0 aliphatic carbocycles. The topological polar surface area (TPSA) is 95.3 Å². The van der Waals surface area contributed by atoms with Gasteiger partial charge in [-0.2, -0.15) is 5.10 Å². The van der Waals surface area contributed by atoms with E-state index in [1.165, 1.54) is 0 Å². The van der Waals surface area contributed by atoms with Gasteiger partial charge in [-0.25, -0.2) is 4.98 Å². The van der Waals surface area contributed by atoms with Crippen LogP contribution in [0.15, 0.2) is 30.6 Å². The first-order chi connectivity index (χ1) is 14.4. The summed E-state index contributed by atoms with van der Waals surface area (Å²) in [7, 11) is 1.85. The van der Waals surface area contributed by atoms with Gasteiger partial charge in [0.2, 0.25) is 11.8 Å². The molecule has 1 fully saturated rings. The molecule has 1 amide bonds. The van der Waals surface area contributed by atoms with Crippen LogP contribution in [0.4, 0.5) is 0 Å². The number of carbonyl (C=O) groups is 2. The number of aldehydes is 1. The minimum atomic E-state index is -0.0915. The zero-order valence-corrected chi connectivity index (χ0v) is 17.2. The van der Waals surface area contributed by atoms with E-state index in [-0.39, 0.29) is 18.1 Å². The van der Waals surface area contributed by atoms with E-state index in [4.69, 9.17) is 9.47 Å². The number of rotatable bonds is 7. The Labute approximate surface area is 174 Å². The summed E-state index contributed by atoms with van der Waals surface area (Å²) in [6, 6.07) is 5.44. The molecule has 0 saturated carbocycles. The molecule has 0 radical (unpaired) electrons. The third-order valence-corrected chi connectivity index (χ3v) is 4.97. The number of fused-ring (bicyclic) bond motifs is 1. The van der Waals surface area contributed by atoms with Crippen molar-refractivity contribution in [2.75, 3.05) is 6.61 Å². The van der Waals surface area contributed by atoms with Crippen molar-refractivity contribution >= 4 is 23.0 Å². The van der Waals surface area contributed by atoms with Gasteiger partial charge in [0, 0.05) is 36.8 Å². The number of aryl methyl sites for hydroxylation is 1. The van der Waals surface area contributed by atoms with Crippen molar-refractivity contribution in [2.24, 2.45) is 7.05 Å². The Bertz CT molecular complexity index is 1110. The molecule has 1 aliphatic rings. The van der Waals surface area contributed by atoms with Crippen LogP contribution in [0.2, 0.25) is 0 Å². The summed E-state index contributed by atoms with van der Waals surface area (Å²) in [5, 5.41) is 8.89. The summed E-state index contributed by atoms with van der Waals surface area (Å²) in [6.45, 7) is 4.13. The standard InChI is InChI=1S/C22H24N4O4/c1-13(2)30-20-9-17-16(8-14(20)11-27)18(19-6-7-26(3)25-19)10-23-22(17)29-12-15-4-5-21(28)24-15/h6-11,13,15H,4-5,12H2,1-3H3,(H,24,28). The van der Waals surface area contributed by atoms with Gasteiger partial charge in [-0.05, 0) is 43.9 Å². The van der Waals surface area contributed by atoms with Crippen molar-refractivity contribution in [3.63, 3.8) is 0 Å². The van der Waals surface area contributed by atoms with Crippen molar-refractivity contribution in [3.05, 3.63) is 36.2 Å². The molecule has 2 aromatic heterocycles. The van der Waals surface area contributed by atoms with Crippen LogP contribution in [-0.2, 0) is 11.8 Å². The number of nitrogens with one attached hydrogen (secondary N) is 1. The first-order valence-corrected chi connectivity index (χ1v) is 9.95. The van der Waals surface area contributed by atoms with E-state index >= 15 is 0 Å². The molecular formula is C22H24N4O4. The zero-order valence-electron chi connectivity index (χ0n) is 17.2. The molecule has 1 aliphatic heterocycles. The fourth-order valence-electron chi connectivity index (χ4n) is 3.57. The lowest BCUT2D eigenvalue weighted by Crippen LogP contribution is -2.31. The molecule has 8 nitrogen and oxygen atoms in total. The molecule has 8 heteroatoms. The molecule has 1 saturated heterocycles. The predicted octanol–water partition coefficient (Wildman–Crippen LogP) is 2.89. The van der Waals surface area contributed by atoms with Gasteiger partial charge in [-0.15, -0.1) is 0 Å². The highest BCUT2D eigenvalue weighted by atomic mass is 16.5. The highest BCUT2D eigenvalue weighted by molar-refractivity contribution is 6.02. The third kappa shape index (κ3) is 3.98. The summed E-state index contributed by atoms with van der Waals surface area (Å²) in [5.74, 6) is 0.943. The Morgan fingerprint density at radius 1 is 1.33 bits per heavy atom. The lowest BCUT2D eigenvalue weighted by Gasteiger charge is -2.17. The quantitative estimate of drug-likeness (QED) is 0.604. The number of aromatic nitrogens is 3. The number of carbonyl (C=O) groups excluding carboxylic acids is 2. The number of pyridine rings is 1. The van der Waals surface area contributed by atoms with E-state index in [2.05, 4.69) is 15.4 Å². The van der Waals surface area contributed by atoms with E-state index in [1.807, 2.05) is 33.2 Å². The largest absolute Gasteiger partial charge is 0.490 e. The number of hydrogen-bond acceptors (Lipinski definition) is 6. The van der Waals surface area contributed by atoms with Crippen LogP contribution in [0.1, 0.15) is 37.0 Å². The molecule has 1 N–H and O–H groups in total. The lowest BCUT2D eigenvalue weighted by atomic mass is 10.0. The molecule has 1 aromatic carbocycles. The molecule has 4 rings (SSSR count). The number of amides is 1. The molecule has 1 atom stereocenters. The minimum Gasteiger partial charge on any atom is -0.490 e. The van der Waals surface area contributed by atoms with Gasteiger partial charge in [0.1, 0.15) is 12.4 Å². The van der Waals surface area contributed by atoms with E-state index in [0.717, 1.165) is 34.7 Å². The fraction of sp³-hybridized carbons (Fsp3) is 0.364. The first kappa shape index (κ1) is 19.9. The van der Waals surface area contributed by atoms with Crippen molar-refractivity contribution < 1.29 is 19.1 Å². The summed E-state index contributed by atoms with van der Waals surface area (Å²) < 4.78 is 13.5. The maximum Gasteiger partial charge on any atom is 0.221 e. The van der Waals surface area contributed by atoms with Gasteiger partial charge in [0.25, 0.3) is 0 Å². The molecule has 0 spiro atoms. The van der Waals surface area contributed by atoms with Crippen LogP contribution in [0.25, 0.3) is 22.0 Å². The summed E-state index contributed by atoms with van der Waals surface area (Å²) in [4.78, 5) is 27.7. The molecule has 156 valence electrons. The SMILES string of the molecule is CC(C)Oc1cc2c(OCC3CCC(=O)N3)ncc(-c3ccn(C)n3)c2cc1C=O. The van der Waals surface area contributed by atoms with Crippen LogP contribution in [0.3, 0.4) is 0 Å². The normalized spacial score (nSPS) is 16.1. The van der Waals surface area contributed by atoms with E-state index in [1.54, 1.807) is 23.0 Å². The second kappa shape index (κ2) is 8.14. The third-order valence-electron chi connectivity index (χ3n) is 4.97. The van der Waals surface area contributed by atoms with Gasteiger partial charge in [-0.1, -0.05) is 0 Å². The minimum absolute atomic E-state index is 0.0366. The van der Waals surface area contributed by atoms with E-state index in [9.17, 15) is 9.59 Å². The number of benzene rings is 1. The Hall–Kier alpha value is -3.42. The molecule has 30 heavy (non-hydrogen) atoms.